The fourth-order valence-electron chi connectivity index (χ4n) is 2.20. The first-order valence-corrected chi connectivity index (χ1v) is 6.68. The minimum absolute atomic E-state index is 0.163. The Hall–Kier alpha value is -0.940. The Balaban J connectivity index is 2.14. The van der Waals surface area contributed by atoms with Crippen LogP contribution in [-0.2, 0) is 6.18 Å². The highest BCUT2D eigenvalue weighted by Crippen LogP contribution is 2.34. The lowest BCUT2D eigenvalue weighted by atomic mass is 10.1. The van der Waals surface area contributed by atoms with E-state index in [4.69, 9.17) is 11.6 Å². The summed E-state index contributed by atoms with van der Waals surface area (Å²) in [6.07, 6.45) is -1.52. The number of anilines is 1. The van der Waals surface area contributed by atoms with Crippen molar-refractivity contribution in [2.45, 2.75) is 31.5 Å². The van der Waals surface area contributed by atoms with Crippen LogP contribution in [0.2, 0.25) is 5.02 Å². The van der Waals surface area contributed by atoms with Crippen LogP contribution in [0.4, 0.5) is 18.9 Å². The molecular formula is C13H16ClF3N2. The molecule has 0 aliphatic carbocycles. The molecule has 0 radical (unpaired) electrons. The van der Waals surface area contributed by atoms with Gasteiger partial charge in [-0.25, -0.2) is 0 Å². The fraction of sp³-hybridized carbons (Fsp3) is 0.538. The molecule has 1 heterocycles. The smallest absolute Gasteiger partial charge is 0.381 e. The van der Waals surface area contributed by atoms with E-state index in [1.165, 1.54) is 6.07 Å². The van der Waals surface area contributed by atoms with E-state index < -0.39 is 11.7 Å². The molecule has 1 aromatic carbocycles. The van der Waals surface area contributed by atoms with Crippen molar-refractivity contribution in [1.29, 1.82) is 0 Å². The Labute approximate surface area is 115 Å². The molecule has 0 spiro atoms. The van der Waals surface area contributed by atoms with Crippen LogP contribution in [0.1, 0.15) is 24.8 Å². The lowest BCUT2D eigenvalue weighted by Crippen LogP contribution is -2.22. The molecule has 0 aromatic heterocycles. The molecule has 0 bridgehead atoms. The van der Waals surface area contributed by atoms with Crippen molar-refractivity contribution in [3.8, 4) is 0 Å². The molecule has 1 atom stereocenters. The Bertz CT molecular complexity index is 426. The summed E-state index contributed by atoms with van der Waals surface area (Å²) in [5.74, 6) is 0. The van der Waals surface area contributed by atoms with Gasteiger partial charge in [-0.1, -0.05) is 11.6 Å². The van der Waals surface area contributed by atoms with E-state index >= 15 is 0 Å². The van der Waals surface area contributed by atoms with Crippen molar-refractivity contribution in [3.63, 3.8) is 0 Å². The minimum Gasteiger partial charge on any atom is -0.381 e. The first-order chi connectivity index (χ1) is 8.97. The van der Waals surface area contributed by atoms with Gasteiger partial charge < -0.3 is 10.6 Å². The first kappa shape index (κ1) is 14.5. The summed E-state index contributed by atoms with van der Waals surface area (Å²) in [6, 6.07) is 3.54. The maximum atomic E-state index is 12.7. The summed E-state index contributed by atoms with van der Waals surface area (Å²) in [5.41, 5.74) is -0.311. The van der Waals surface area contributed by atoms with Crippen molar-refractivity contribution < 1.29 is 13.2 Å². The molecule has 2 rings (SSSR count). The molecule has 0 amide bonds. The molecule has 1 saturated heterocycles. The first-order valence-electron chi connectivity index (χ1n) is 6.31. The van der Waals surface area contributed by atoms with E-state index in [0.29, 0.717) is 10.7 Å². The third kappa shape index (κ3) is 4.01. The Morgan fingerprint density at radius 1 is 1.21 bits per heavy atom. The van der Waals surface area contributed by atoms with Crippen molar-refractivity contribution >= 4 is 17.3 Å². The predicted octanol–water partition coefficient (Wildman–Crippen LogP) is 3.91. The van der Waals surface area contributed by atoms with Gasteiger partial charge in [0.05, 0.1) is 16.3 Å². The zero-order valence-corrected chi connectivity index (χ0v) is 11.1. The molecule has 1 unspecified atom stereocenters. The maximum absolute atomic E-state index is 12.7. The minimum atomic E-state index is -4.34. The normalized spacial score (nSPS) is 20.9. The molecule has 1 aliphatic rings. The Morgan fingerprint density at radius 2 is 2.00 bits per heavy atom. The molecule has 1 aromatic rings. The van der Waals surface area contributed by atoms with Gasteiger partial charge in [0.1, 0.15) is 0 Å². The molecule has 2 N–H and O–H groups in total. The van der Waals surface area contributed by atoms with E-state index in [9.17, 15) is 13.2 Å². The van der Waals surface area contributed by atoms with Gasteiger partial charge in [0.25, 0.3) is 0 Å². The van der Waals surface area contributed by atoms with Gasteiger partial charge in [-0.05, 0) is 50.6 Å². The average molecular weight is 293 g/mol. The van der Waals surface area contributed by atoms with E-state index in [0.717, 1.165) is 44.5 Å². The van der Waals surface area contributed by atoms with Gasteiger partial charge in [0.2, 0.25) is 0 Å². The molecular weight excluding hydrogens is 277 g/mol. The van der Waals surface area contributed by atoms with Gasteiger partial charge in [-0.2, -0.15) is 13.2 Å². The van der Waals surface area contributed by atoms with E-state index in [1.807, 2.05) is 0 Å². The monoisotopic (exact) mass is 292 g/mol. The second kappa shape index (κ2) is 6.01. The second-order valence-electron chi connectivity index (χ2n) is 4.71. The standard InChI is InChI=1S/C13H16ClF3N2/c14-11-4-3-9(13(15,16)17)8-12(11)19-10-2-1-6-18-7-5-10/h3-4,8,10,18-19H,1-2,5-7H2. The highest BCUT2D eigenvalue weighted by Gasteiger charge is 2.31. The van der Waals surface area contributed by atoms with Crippen molar-refractivity contribution in [2.75, 3.05) is 18.4 Å². The fourth-order valence-corrected chi connectivity index (χ4v) is 2.37. The molecule has 1 fully saturated rings. The Morgan fingerprint density at radius 3 is 2.74 bits per heavy atom. The van der Waals surface area contributed by atoms with Crippen LogP contribution in [0.25, 0.3) is 0 Å². The van der Waals surface area contributed by atoms with Crippen molar-refractivity contribution in [3.05, 3.63) is 28.8 Å². The molecule has 106 valence electrons. The van der Waals surface area contributed by atoms with Crippen LogP contribution in [0.5, 0.6) is 0 Å². The van der Waals surface area contributed by atoms with Crippen LogP contribution in [0, 0.1) is 0 Å². The van der Waals surface area contributed by atoms with Crippen LogP contribution in [0.3, 0.4) is 0 Å². The largest absolute Gasteiger partial charge is 0.416 e. The van der Waals surface area contributed by atoms with E-state index in [2.05, 4.69) is 10.6 Å². The zero-order chi connectivity index (χ0) is 13.9. The zero-order valence-electron chi connectivity index (χ0n) is 10.4. The summed E-state index contributed by atoms with van der Waals surface area (Å²) < 4.78 is 38.0. The summed E-state index contributed by atoms with van der Waals surface area (Å²) in [5, 5.41) is 6.71. The van der Waals surface area contributed by atoms with Crippen molar-refractivity contribution in [2.24, 2.45) is 0 Å². The number of rotatable bonds is 2. The number of halogens is 4. The van der Waals surface area contributed by atoms with Gasteiger partial charge in [0.15, 0.2) is 0 Å². The van der Waals surface area contributed by atoms with Crippen LogP contribution < -0.4 is 10.6 Å². The molecule has 2 nitrogen and oxygen atoms in total. The molecule has 19 heavy (non-hydrogen) atoms. The highest BCUT2D eigenvalue weighted by molar-refractivity contribution is 6.33. The highest BCUT2D eigenvalue weighted by atomic mass is 35.5. The van der Waals surface area contributed by atoms with Crippen LogP contribution >= 0.6 is 11.6 Å². The van der Waals surface area contributed by atoms with E-state index in [-0.39, 0.29) is 6.04 Å². The molecule has 0 saturated carbocycles. The quantitative estimate of drug-likeness (QED) is 0.863. The summed E-state index contributed by atoms with van der Waals surface area (Å²) in [4.78, 5) is 0. The molecule has 6 heteroatoms. The van der Waals surface area contributed by atoms with Crippen LogP contribution in [0.15, 0.2) is 18.2 Å². The average Bonchev–Trinajstić information content (AvgIpc) is 2.59. The lowest BCUT2D eigenvalue weighted by Gasteiger charge is -2.19. The Kier molecular flexibility index (Phi) is 4.58. The third-order valence-electron chi connectivity index (χ3n) is 3.23. The van der Waals surface area contributed by atoms with Crippen molar-refractivity contribution in [1.82, 2.24) is 5.32 Å². The summed E-state index contributed by atoms with van der Waals surface area (Å²) in [6.45, 7) is 1.82. The molecule has 1 aliphatic heterocycles. The van der Waals surface area contributed by atoms with Crippen LogP contribution in [-0.4, -0.2) is 19.1 Å². The maximum Gasteiger partial charge on any atom is 0.416 e. The summed E-state index contributed by atoms with van der Waals surface area (Å²) >= 11 is 5.96. The van der Waals surface area contributed by atoms with Gasteiger partial charge in [-0.3, -0.25) is 0 Å². The second-order valence-corrected chi connectivity index (χ2v) is 5.12. The number of hydrogen-bond donors (Lipinski definition) is 2. The topological polar surface area (TPSA) is 24.1 Å². The number of nitrogens with one attached hydrogen (secondary N) is 2. The van der Waals surface area contributed by atoms with E-state index in [1.54, 1.807) is 0 Å². The summed E-state index contributed by atoms with van der Waals surface area (Å²) in [7, 11) is 0. The van der Waals surface area contributed by atoms with Gasteiger partial charge in [0, 0.05) is 6.04 Å². The third-order valence-corrected chi connectivity index (χ3v) is 3.56. The predicted molar refractivity (Wildman–Crippen MR) is 70.6 cm³/mol. The number of benzene rings is 1. The number of hydrogen-bond acceptors (Lipinski definition) is 2. The SMILES string of the molecule is FC(F)(F)c1ccc(Cl)c(NC2CCCNCC2)c1. The van der Waals surface area contributed by atoms with Gasteiger partial charge >= 0.3 is 6.18 Å². The lowest BCUT2D eigenvalue weighted by molar-refractivity contribution is -0.137. The number of alkyl halides is 3. The van der Waals surface area contributed by atoms with Gasteiger partial charge in [-0.15, -0.1) is 0 Å².